The number of hydrogen-bond donors (Lipinski definition) is 4. The van der Waals surface area contributed by atoms with Gasteiger partial charge in [0.05, 0.1) is 0 Å². The van der Waals surface area contributed by atoms with Gasteiger partial charge in [0.2, 0.25) is 17.6 Å². The standard InChI is InChI=1S/C26H33N7O6/c1-27-25(38)21(34)8-7-17(30-24(37)20-9-10-28-32(20)2)23(36)31-18-4-3-11-33(26(18)39)14-22(35)29-19-13-15-5-6-16(19)12-15/h3-4,9-11,15-17,19H,5-8,12-14H2,1-2H3,(H,27,38)(H,29,35)(H,30,37)(H,31,36)/t15-,16+,17+,19-/m1/s1. The van der Waals surface area contributed by atoms with Crippen molar-refractivity contribution in [2.45, 2.75) is 57.2 Å². The first-order valence-corrected chi connectivity index (χ1v) is 13.0. The van der Waals surface area contributed by atoms with E-state index in [1.807, 2.05) is 0 Å². The second-order valence-corrected chi connectivity index (χ2v) is 10.1. The lowest BCUT2D eigenvalue weighted by atomic mass is 9.95. The molecule has 4 N–H and O–H groups in total. The monoisotopic (exact) mass is 539 g/mol. The molecular weight excluding hydrogens is 506 g/mol. The highest BCUT2D eigenvalue weighted by molar-refractivity contribution is 6.36. The van der Waals surface area contributed by atoms with Crippen molar-refractivity contribution in [2.75, 3.05) is 12.4 Å². The molecule has 2 aromatic heterocycles. The minimum atomic E-state index is -1.24. The van der Waals surface area contributed by atoms with Crippen molar-refractivity contribution in [1.82, 2.24) is 30.3 Å². The number of Topliss-reactive ketones (excluding diaryl/α,β-unsaturated/α-hetero) is 1. The second-order valence-electron chi connectivity index (χ2n) is 10.1. The van der Waals surface area contributed by atoms with Crippen LogP contribution in [-0.4, -0.2) is 62.9 Å². The van der Waals surface area contributed by atoms with Crippen molar-refractivity contribution >= 4 is 35.1 Å². The first-order chi connectivity index (χ1) is 18.7. The number of hydrogen-bond acceptors (Lipinski definition) is 7. The molecule has 39 heavy (non-hydrogen) atoms. The molecule has 4 atom stereocenters. The van der Waals surface area contributed by atoms with Gasteiger partial charge in [0, 0.05) is 39.0 Å². The van der Waals surface area contributed by atoms with E-state index in [9.17, 15) is 28.8 Å². The van der Waals surface area contributed by atoms with Gasteiger partial charge in [-0.1, -0.05) is 6.42 Å². The molecular formula is C26H33N7O6. The van der Waals surface area contributed by atoms with Crippen LogP contribution < -0.4 is 26.8 Å². The highest BCUT2D eigenvalue weighted by Crippen LogP contribution is 2.44. The number of fused-ring (bicyclic) bond motifs is 2. The van der Waals surface area contributed by atoms with Gasteiger partial charge in [-0.3, -0.25) is 33.4 Å². The van der Waals surface area contributed by atoms with E-state index in [1.165, 1.54) is 53.3 Å². The number of amides is 4. The Labute approximate surface area is 224 Å². The second kappa shape index (κ2) is 12.0. The van der Waals surface area contributed by atoms with Crippen molar-refractivity contribution in [3.63, 3.8) is 0 Å². The summed E-state index contributed by atoms with van der Waals surface area (Å²) >= 11 is 0. The molecule has 0 aromatic carbocycles. The third kappa shape index (κ3) is 6.59. The highest BCUT2D eigenvalue weighted by atomic mass is 16.2. The molecule has 2 aliphatic carbocycles. The highest BCUT2D eigenvalue weighted by Gasteiger charge is 2.40. The van der Waals surface area contributed by atoms with E-state index in [-0.39, 0.29) is 42.7 Å². The molecule has 2 aromatic rings. The molecule has 2 fully saturated rings. The van der Waals surface area contributed by atoms with E-state index in [1.54, 1.807) is 7.05 Å². The number of pyridine rings is 1. The summed E-state index contributed by atoms with van der Waals surface area (Å²) in [6.45, 7) is -0.197. The van der Waals surface area contributed by atoms with E-state index in [0.29, 0.717) is 11.8 Å². The number of likely N-dealkylation sites (N-methyl/N-ethyl adjacent to an activating group) is 1. The minimum Gasteiger partial charge on any atom is -0.353 e. The number of nitrogens with one attached hydrogen (secondary N) is 4. The zero-order valence-electron chi connectivity index (χ0n) is 21.9. The van der Waals surface area contributed by atoms with E-state index in [2.05, 4.69) is 26.4 Å². The average Bonchev–Trinajstić information content (AvgIpc) is 3.65. The van der Waals surface area contributed by atoms with Gasteiger partial charge in [-0.15, -0.1) is 0 Å². The van der Waals surface area contributed by atoms with Crippen LogP contribution in [0, 0.1) is 11.8 Å². The number of carbonyl (C=O) groups excluding carboxylic acids is 5. The van der Waals surface area contributed by atoms with Crippen LogP contribution in [0.4, 0.5) is 5.69 Å². The maximum Gasteiger partial charge on any atom is 0.287 e. The zero-order valence-corrected chi connectivity index (χ0v) is 21.9. The van der Waals surface area contributed by atoms with Gasteiger partial charge in [-0.2, -0.15) is 5.10 Å². The molecule has 2 saturated carbocycles. The SMILES string of the molecule is CNC(=O)C(=O)CC[C@H](NC(=O)c1ccnn1C)C(=O)Nc1cccn(CC(=O)N[C@@H]2C[C@@H]3CC[C@H]2C3)c1=O. The lowest BCUT2D eigenvalue weighted by molar-refractivity contribution is -0.137. The predicted molar refractivity (Wildman–Crippen MR) is 139 cm³/mol. The maximum absolute atomic E-state index is 13.2. The first-order valence-electron chi connectivity index (χ1n) is 13.0. The molecule has 13 heteroatoms. The van der Waals surface area contributed by atoms with Gasteiger partial charge in [-0.05, 0) is 55.7 Å². The summed E-state index contributed by atoms with van der Waals surface area (Å²) < 4.78 is 2.52. The number of aryl methyl sites for hydroxylation is 1. The van der Waals surface area contributed by atoms with Crippen LogP contribution in [0.1, 0.15) is 49.0 Å². The molecule has 0 radical (unpaired) electrons. The molecule has 208 valence electrons. The van der Waals surface area contributed by atoms with Crippen LogP contribution in [0.2, 0.25) is 0 Å². The number of anilines is 1. The number of carbonyl (C=O) groups is 5. The van der Waals surface area contributed by atoms with E-state index < -0.39 is 35.1 Å². The normalized spacial score (nSPS) is 20.2. The molecule has 4 amide bonds. The van der Waals surface area contributed by atoms with Gasteiger partial charge in [0.1, 0.15) is 24.0 Å². The quantitative estimate of drug-likeness (QED) is 0.284. The average molecular weight is 540 g/mol. The first kappa shape index (κ1) is 27.7. The molecule has 0 unspecified atom stereocenters. The summed E-state index contributed by atoms with van der Waals surface area (Å²) in [5.74, 6) is -2.06. The van der Waals surface area contributed by atoms with Gasteiger partial charge in [0.25, 0.3) is 17.4 Å². The fourth-order valence-electron chi connectivity index (χ4n) is 5.43. The van der Waals surface area contributed by atoms with Crippen LogP contribution in [-0.2, 0) is 32.8 Å². The van der Waals surface area contributed by atoms with E-state index >= 15 is 0 Å². The molecule has 0 spiro atoms. The van der Waals surface area contributed by atoms with Crippen LogP contribution >= 0.6 is 0 Å². The summed E-state index contributed by atoms with van der Waals surface area (Å²) in [6, 6.07) is 3.27. The Morgan fingerprint density at radius 1 is 1.13 bits per heavy atom. The van der Waals surface area contributed by atoms with Crippen molar-refractivity contribution in [3.8, 4) is 0 Å². The van der Waals surface area contributed by atoms with Crippen LogP contribution in [0.3, 0.4) is 0 Å². The molecule has 0 saturated heterocycles. The summed E-state index contributed by atoms with van der Waals surface area (Å²) in [6.07, 6.45) is 6.81. The Hall–Kier alpha value is -4.29. The van der Waals surface area contributed by atoms with Crippen molar-refractivity contribution in [2.24, 2.45) is 18.9 Å². The van der Waals surface area contributed by atoms with Gasteiger partial charge in [-0.25, -0.2) is 0 Å². The molecule has 13 nitrogen and oxygen atoms in total. The number of nitrogens with zero attached hydrogens (tertiary/aromatic N) is 3. The summed E-state index contributed by atoms with van der Waals surface area (Å²) in [4.78, 5) is 75.2. The Kier molecular flexibility index (Phi) is 8.57. The molecule has 0 aliphatic heterocycles. The topological polar surface area (TPSA) is 173 Å². The molecule has 2 heterocycles. The van der Waals surface area contributed by atoms with E-state index in [0.717, 1.165) is 19.3 Å². The third-order valence-corrected chi connectivity index (χ3v) is 7.49. The predicted octanol–water partition coefficient (Wildman–Crippen LogP) is -0.281. The van der Waals surface area contributed by atoms with Crippen LogP contribution in [0.25, 0.3) is 0 Å². The number of ketones is 1. The number of aromatic nitrogens is 3. The maximum atomic E-state index is 13.2. The fourth-order valence-corrected chi connectivity index (χ4v) is 5.43. The fraction of sp³-hybridized carbons (Fsp3) is 0.500. The van der Waals surface area contributed by atoms with Gasteiger partial charge < -0.3 is 25.8 Å². The largest absolute Gasteiger partial charge is 0.353 e. The Morgan fingerprint density at radius 3 is 2.56 bits per heavy atom. The molecule has 4 rings (SSSR count). The minimum absolute atomic E-state index is 0.0902. The van der Waals surface area contributed by atoms with Crippen LogP contribution in [0.5, 0.6) is 0 Å². The lowest BCUT2D eigenvalue weighted by Crippen LogP contribution is -2.46. The van der Waals surface area contributed by atoms with Gasteiger partial charge >= 0.3 is 0 Å². The smallest absolute Gasteiger partial charge is 0.287 e. The summed E-state index contributed by atoms with van der Waals surface area (Å²) in [5, 5.41) is 14.2. The number of rotatable bonds is 11. The van der Waals surface area contributed by atoms with E-state index in [4.69, 9.17) is 0 Å². The third-order valence-electron chi connectivity index (χ3n) is 7.49. The zero-order chi connectivity index (χ0) is 28.1. The van der Waals surface area contributed by atoms with Crippen LogP contribution in [0.15, 0.2) is 35.4 Å². The summed E-state index contributed by atoms with van der Waals surface area (Å²) in [5.41, 5.74) is -0.506. The Morgan fingerprint density at radius 2 is 1.92 bits per heavy atom. The Balaban J connectivity index is 1.43. The van der Waals surface area contributed by atoms with Crippen molar-refractivity contribution < 1.29 is 24.0 Å². The molecule has 2 aliphatic rings. The Bertz CT molecular complexity index is 1330. The summed E-state index contributed by atoms with van der Waals surface area (Å²) in [7, 11) is 2.87. The van der Waals surface area contributed by atoms with Crippen molar-refractivity contribution in [3.05, 3.63) is 46.6 Å². The molecule has 2 bridgehead atoms. The van der Waals surface area contributed by atoms with Crippen molar-refractivity contribution in [1.29, 1.82) is 0 Å². The van der Waals surface area contributed by atoms with Gasteiger partial charge in [0.15, 0.2) is 0 Å². The lowest BCUT2D eigenvalue weighted by Gasteiger charge is -2.23.